The van der Waals surface area contributed by atoms with Crippen LogP contribution in [0.15, 0.2) is 58.3 Å². The van der Waals surface area contributed by atoms with E-state index in [2.05, 4.69) is 4.98 Å². The van der Waals surface area contributed by atoms with E-state index in [1.807, 2.05) is 32.0 Å². The average molecular weight is 472 g/mol. The molecule has 2 aromatic heterocycles. The normalized spacial score (nSPS) is 13.2. The third-order valence-corrected chi connectivity index (χ3v) is 7.49. The number of nitrogen functional groups attached to an aromatic ring is 1. The Morgan fingerprint density at radius 2 is 1.75 bits per heavy atom. The number of para-hydroxylation sites is 1. The Labute approximate surface area is 189 Å². The molecule has 2 N–H and O–H groups in total. The predicted octanol–water partition coefficient (Wildman–Crippen LogP) is 6.96. The minimum atomic E-state index is -4.53. The van der Waals surface area contributed by atoms with E-state index in [-0.39, 0.29) is 10.6 Å². The molecule has 5 rings (SSSR count). The van der Waals surface area contributed by atoms with Gasteiger partial charge in [-0.05, 0) is 55.8 Å². The molecule has 0 bridgehead atoms. The number of halogens is 3. The third-order valence-electron chi connectivity index (χ3n) is 5.27. The number of hydrogen-bond acceptors (Lipinski definition) is 5. The minimum Gasteiger partial charge on any atom is -0.397 e. The number of nitrogens with two attached hydrogens (primary N) is 1. The highest BCUT2D eigenvalue weighted by Crippen LogP contribution is 2.51. The molecular weight excluding hydrogens is 455 g/mol. The monoisotopic (exact) mass is 471 g/mol. The summed E-state index contributed by atoms with van der Waals surface area (Å²) in [6.45, 7) is 3.75. The average Bonchev–Trinajstić information content (AvgIpc) is 3.06. The number of alkyl halides is 3. The Morgan fingerprint density at radius 3 is 2.50 bits per heavy atom. The molecule has 3 heterocycles. The number of aryl methyl sites for hydroxylation is 2. The molecule has 4 aromatic rings. The number of amides is 1. The molecule has 32 heavy (non-hydrogen) atoms. The summed E-state index contributed by atoms with van der Waals surface area (Å²) in [7, 11) is 0. The molecule has 2 aromatic carbocycles. The smallest absolute Gasteiger partial charge is 0.397 e. The summed E-state index contributed by atoms with van der Waals surface area (Å²) < 4.78 is 40.4. The highest BCUT2D eigenvalue weighted by molar-refractivity contribution is 7.99. The molecule has 162 valence electrons. The molecule has 9 heteroatoms. The van der Waals surface area contributed by atoms with Gasteiger partial charge in [0.15, 0.2) is 0 Å². The van der Waals surface area contributed by atoms with Crippen LogP contribution in [0.4, 0.5) is 30.2 Å². The second kappa shape index (κ2) is 7.25. The summed E-state index contributed by atoms with van der Waals surface area (Å²) in [6, 6.07) is 12.5. The summed E-state index contributed by atoms with van der Waals surface area (Å²) in [5.74, 6) is -0.476. The number of carbonyl (C=O) groups is 1. The number of carbonyl (C=O) groups excluding carboxylic acids is 1. The van der Waals surface area contributed by atoms with Gasteiger partial charge >= 0.3 is 6.18 Å². The maximum atomic E-state index is 13.8. The van der Waals surface area contributed by atoms with Crippen molar-refractivity contribution in [1.82, 2.24) is 4.98 Å². The lowest BCUT2D eigenvalue weighted by Gasteiger charge is -2.31. The van der Waals surface area contributed by atoms with Crippen molar-refractivity contribution in [2.45, 2.75) is 29.8 Å². The summed E-state index contributed by atoms with van der Waals surface area (Å²) in [6.07, 6.45) is -4.53. The van der Waals surface area contributed by atoms with Crippen molar-refractivity contribution in [3.8, 4) is 0 Å². The summed E-state index contributed by atoms with van der Waals surface area (Å²) >= 11 is 2.49. The van der Waals surface area contributed by atoms with Crippen LogP contribution < -0.4 is 10.6 Å². The summed E-state index contributed by atoms with van der Waals surface area (Å²) in [5, 5.41) is 0.702. The zero-order chi connectivity index (χ0) is 22.8. The molecule has 1 aliphatic rings. The molecule has 1 amide bonds. The highest BCUT2D eigenvalue weighted by atomic mass is 32.2. The van der Waals surface area contributed by atoms with Crippen LogP contribution >= 0.6 is 23.1 Å². The Morgan fingerprint density at radius 1 is 1.03 bits per heavy atom. The molecule has 0 saturated heterocycles. The number of anilines is 3. The Bertz CT molecular complexity index is 1410. The van der Waals surface area contributed by atoms with Crippen LogP contribution in [0.3, 0.4) is 0 Å². The molecule has 0 fully saturated rings. The van der Waals surface area contributed by atoms with Crippen LogP contribution in [0.1, 0.15) is 26.5 Å². The first kappa shape index (κ1) is 20.8. The number of nitrogens with zero attached hydrogens (tertiary/aromatic N) is 2. The van der Waals surface area contributed by atoms with Crippen LogP contribution in [-0.2, 0) is 6.18 Å². The summed E-state index contributed by atoms with van der Waals surface area (Å²) in [5.41, 5.74) is 8.26. The topological polar surface area (TPSA) is 59.2 Å². The lowest BCUT2D eigenvalue weighted by Crippen LogP contribution is -2.28. The first-order valence-electron chi connectivity index (χ1n) is 9.64. The van der Waals surface area contributed by atoms with Crippen LogP contribution in [0.2, 0.25) is 0 Å². The van der Waals surface area contributed by atoms with Crippen LogP contribution in [0.25, 0.3) is 10.2 Å². The highest BCUT2D eigenvalue weighted by Gasteiger charge is 2.36. The minimum absolute atomic E-state index is 0.186. The molecule has 0 saturated carbocycles. The van der Waals surface area contributed by atoms with E-state index in [1.54, 1.807) is 12.1 Å². The number of fused-ring (bicyclic) bond motifs is 3. The molecule has 0 aliphatic carbocycles. The Balaban J connectivity index is 1.73. The Kier molecular flexibility index (Phi) is 4.72. The second-order valence-corrected chi connectivity index (χ2v) is 9.58. The first-order valence-corrected chi connectivity index (χ1v) is 11.3. The van der Waals surface area contributed by atoms with Gasteiger partial charge in [-0.2, -0.15) is 13.2 Å². The van der Waals surface area contributed by atoms with Gasteiger partial charge in [-0.3, -0.25) is 9.69 Å². The van der Waals surface area contributed by atoms with Crippen LogP contribution in [0, 0.1) is 13.8 Å². The fourth-order valence-corrected chi connectivity index (χ4v) is 6.06. The van der Waals surface area contributed by atoms with Crippen molar-refractivity contribution in [3.05, 3.63) is 70.2 Å². The molecule has 4 nitrogen and oxygen atoms in total. The molecule has 0 spiro atoms. The number of benzene rings is 2. The van der Waals surface area contributed by atoms with Crippen molar-refractivity contribution in [2.24, 2.45) is 0 Å². The van der Waals surface area contributed by atoms with Crippen LogP contribution in [-0.4, -0.2) is 10.9 Å². The van der Waals surface area contributed by atoms with Crippen molar-refractivity contribution in [2.75, 3.05) is 10.6 Å². The standard InChI is InChI=1S/C23H16F3N3OS2/c1-11-9-12(2)28-21-18(11)19(27)20(32-21)22(30)29-14-5-3-4-6-16(14)31-17-8-7-13(10-15(17)29)23(24,25)26/h3-10H,27H2,1-2H3. The van der Waals surface area contributed by atoms with Gasteiger partial charge in [0.2, 0.25) is 0 Å². The van der Waals surface area contributed by atoms with Crippen molar-refractivity contribution in [3.63, 3.8) is 0 Å². The zero-order valence-corrected chi connectivity index (χ0v) is 18.6. The number of hydrogen-bond donors (Lipinski definition) is 1. The number of rotatable bonds is 1. The van der Waals surface area contributed by atoms with Gasteiger partial charge in [0.25, 0.3) is 5.91 Å². The van der Waals surface area contributed by atoms with Gasteiger partial charge in [-0.1, -0.05) is 23.9 Å². The third kappa shape index (κ3) is 3.23. The SMILES string of the molecule is Cc1cc(C)c2c(N)c(C(=O)N3c4ccccc4Sc4ccc(C(F)(F)F)cc43)sc2n1. The lowest BCUT2D eigenvalue weighted by atomic mass is 10.1. The number of thiophene rings is 1. The zero-order valence-electron chi connectivity index (χ0n) is 16.9. The first-order chi connectivity index (χ1) is 15.1. The maximum Gasteiger partial charge on any atom is 0.416 e. The van der Waals surface area contributed by atoms with Gasteiger partial charge in [-0.15, -0.1) is 11.3 Å². The quantitative estimate of drug-likeness (QED) is 0.326. The fourth-order valence-electron chi connectivity index (χ4n) is 3.88. The van der Waals surface area contributed by atoms with E-state index >= 15 is 0 Å². The Hall–Kier alpha value is -3.04. The van der Waals surface area contributed by atoms with E-state index in [9.17, 15) is 18.0 Å². The lowest BCUT2D eigenvalue weighted by molar-refractivity contribution is -0.137. The molecule has 1 aliphatic heterocycles. The van der Waals surface area contributed by atoms with E-state index in [0.29, 0.717) is 26.5 Å². The molecule has 0 radical (unpaired) electrons. The van der Waals surface area contributed by atoms with Gasteiger partial charge in [0, 0.05) is 20.9 Å². The fraction of sp³-hybridized carbons (Fsp3) is 0.130. The van der Waals surface area contributed by atoms with Crippen molar-refractivity contribution < 1.29 is 18.0 Å². The van der Waals surface area contributed by atoms with Gasteiger partial charge in [0.05, 0.1) is 22.6 Å². The molecule has 0 atom stereocenters. The van der Waals surface area contributed by atoms with E-state index < -0.39 is 17.6 Å². The van der Waals surface area contributed by atoms with E-state index in [0.717, 1.165) is 39.6 Å². The van der Waals surface area contributed by atoms with E-state index in [1.165, 1.54) is 22.7 Å². The molecule has 0 unspecified atom stereocenters. The second-order valence-electron chi connectivity index (χ2n) is 7.50. The maximum absolute atomic E-state index is 13.8. The van der Waals surface area contributed by atoms with Crippen molar-refractivity contribution >= 4 is 56.3 Å². The molecular formula is C23H16F3N3OS2. The largest absolute Gasteiger partial charge is 0.416 e. The van der Waals surface area contributed by atoms with Gasteiger partial charge in [-0.25, -0.2) is 4.98 Å². The van der Waals surface area contributed by atoms with Crippen LogP contribution in [0.5, 0.6) is 0 Å². The van der Waals surface area contributed by atoms with Gasteiger partial charge in [0.1, 0.15) is 9.71 Å². The van der Waals surface area contributed by atoms with E-state index in [4.69, 9.17) is 5.73 Å². The van der Waals surface area contributed by atoms with Crippen molar-refractivity contribution in [1.29, 1.82) is 0 Å². The number of pyridine rings is 1. The summed E-state index contributed by atoms with van der Waals surface area (Å²) in [4.78, 5) is 21.9. The number of aromatic nitrogens is 1. The predicted molar refractivity (Wildman–Crippen MR) is 122 cm³/mol. The van der Waals surface area contributed by atoms with Gasteiger partial charge < -0.3 is 5.73 Å².